The number of fused-ring (bicyclic) bond motifs is 1. The van der Waals surface area contributed by atoms with Gasteiger partial charge in [-0.15, -0.1) is 10.2 Å². The van der Waals surface area contributed by atoms with E-state index in [1.807, 2.05) is 28.8 Å². The van der Waals surface area contributed by atoms with Crippen LogP contribution in [-0.4, -0.2) is 39.4 Å². The second-order valence-corrected chi connectivity index (χ2v) is 5.29. The topological polar surface area (TPSA) is 62.5 Å². The van der Waals surface area contributed by atoms with Gasteiger partial charge < -0.3 is 10.4 Å². The van der Waals surface area contributed by atoms with Gasteiger partial charge in [-0.3, -0.25) is 4.40 Å². The van der Waals surface area contributed by atoms with Gasteiger partial charge in [-0.2, -0.15) is 0 Å². The van der Waals surface area contributed by atoms with E-state index in [9.17, 15) is 5.11 Å². The molecule has 0 amide bonds. The fourth-order valence-corrected chi connectivity index (χ4v) is 1.94. The van der Waals surface area contributed by atoms with Crippen LogP contribution in [0.5, 0.6) is 0 Å². The van der Waals surface area contributed by atoms with Crippen molar-refractivity contribution in [3.63, 3.8) is 0 Å². The van der Waals surface area contributed by atoms with Gasteiger partial charge in [0, 0.05) is 37.7 Å². The molecule has 0 bridgehead atoms. The third-order valence-corrected chi connectivity index (χ3v) is 3.70. The summed E-state index contributed by atoms with van der Waals surface area (Å²) in [7, 11) is 0. The Balaban J connectivity index is 1.86. The normalized spacial score (nSPS) is 14.7. The van der Waals surface area contributed by atoms with Crippen molar-refractivity contribution < 1.29 is 5.11 Å². The molecular formula is C14H22N4O. The zero-order chi connectivity index (χ0) is 13.7. The van der Waals surface area contributed by atoms with E-state index in [4.69, 9.17) is 0 Å². The Hall–Kier alpha value is -1.46. The lowest BCUT2D eigenvalue weighted by Gasteiger charge is -2.25. The number of nitrogens with zero attached hydrogens (tertiary/aromatic N) is 3. The zero-order valence-electron chi connectivity index (χ0n) is 11.6. The quantitative estimate of drug-likeness (QED) is 0.738. The summed E-state index contributed by atoms with van der Waals surface area (Å²) >= 11 is 0. The summed E-state index contributed by atoms with van der Waals surface area (Å²) in [5.41, 5.74) is 0.846. The SMILES string of the molecule is CCC(C)(CO)CNCCc1nnc2ccccn12. The van der Waals surface area contributed by atoms with Crippen LogP contribution < -0.4 is 5.32 Å². The van der Waals surface area contributed by atoms with Crippen molar-refractivity contribution >= 4 is 5.65 Å². The Bertz CT molecular complexity index is 519. The molecule has 1 atom stereocenters. The number of aliphatic hydroxyl groups is 1. The molecule has 5 heteroatoms. The van der Waals surface area contributed by atoms with Crippen LogP contribution in [0.15, 0.2) is 24.4 Å². The predicted molar refractivity (Wildman–Crippen MR) is 75.0 cm³/mol. The van der Waals surface area contributed by atoms with E-state index in [0.717, 1.165) is 37.4 Å². The van der Waals surface area contributed by atoms with Crippen molar-refractivity contribution in [2.75, 3.05) is 19.7 Å². The van der Waals surface area contributed by atoms with E-state index in [0.29, 0.717) is 0 Å². The molecule has 0 saturated heterocycles. The second kappa shape index (κ2) is 6.12. The average molecular weight is 262 g/mol. The number of pyridine rings is 1. The first-order chi connectivity index (χ1) is 9.18. The van der Waals surface area contributed by atoms with Gasteiger partial charge in [0.1, 0.15) is 5.82 Å². The molecule has 2 aromatic rings. The maximum absolute atomic E-state index is 9.34. The standard InChI is InChI=1S/C14H22N4O/c1-3-14(2,11-19)10-15-8-7-13-17-16-12-6-4-5-9-18(12)13/h4-6,9,15,19H,3,7-8,10-11H2,1-2H3. The Morgan fingerprint density at radius 2 is 2.21 bits per heavy atom. The molecule has 5 nitrogen and oxygen atoms in total. The van der Waals surface area contributed by atoms with Crippen LogP contribution in [0.25, 0.3) is 5.65 Å². The van der Waals surface area contributed by atoms with Gasteiger partial charge in [0.15, 0.2) is 5.65 Å². The maximum atomic E-state index is 9.34. The van der Waals surface area contributed by atoms with Crippen LogP contribution in [-0.2, 0) is 6.42 Å². The van der Waals surface area contributed by atoms with Gasteiger partial charge in [0.25, 0.3) is 0 Å². The maximum Gasteiger partial charge on any atom is 0.160 e. The first kappa shape index (κ1) is 14.0. The lowest BCUT2D eigenvalue weighted by molar-refractivity contribution is 0.136. The van der Waals surface area contributed by atoms with Crippen molar-refractivity contribution in [2.24, 2.45) is 5.41 Å². The number of aliphatic hydroxyl groups excluding tert-OH is 1. The number of hydrogen-bond donors (Lipinski definition) is 2. The Morgan fingerprint density at radius 1 is 1.37 bits per heavy atom. The van der Waals surface area contributed by atoms with Crippen LogP contribution in [0.4, 0.5) is 0 Å². The summed E-state index contributed by atoms with van der Waals surface area (Å²) in [6, 6.07) is 5.89. The Labute approximate surface area is 113 Å². The van der Waals surface area contributed by atoms with Gasteiger partial charge in [-0.25, -0.2) is 0 Å². The summed E-state index contributed by atoms with van der Waals surface area (Å²) in [5.74, 6) is 0.963. The molecule has 2 rings (SSSR count). The monoisotopic (exact) mass is 262 g/mol. The molecule has 0 fully saturated rings. The number of aromatic nitrogens is 3. The summed E-state index contributed by atoms with van der Waals surface area (Å²) < 4.78 is 2.01. The second-order valence-electron chi connectivity index (χ2n) is 5.29. The van der Waals surface area contributed by atoms with Gasteiger partial charge in [0.05, 0.1) is 0 Å². The fraction of sp³-hybridized carbons (Fsp3) is 0.571. The third kappa shape index (κ3) is 3.30. The van der Waals surface area contributed by atoms with E-state index in [1.165, 1.54) is 0 Å². The van der Waals surface area contributed by atoms with E-state index in [-0.39, 0.29) is 12.0 Å². The largest absolute Gasteiger partial charge is 0.396 e. The van der Waals surface area contributed by atoms with Crippen LogP contribution in [0.3, 0.4) is 0 Å². The number of hydrogen-bond acceptors (Lipinski definition) is 4. The van der Waals surface area contributed by atoms with Crippen molar-refractivity contribution in [3.8, 4) is 0 Å². The average Bonchev–Trinajstić information content (AvgIpc) is 2.87. The van der Waals surface area contributed by atoms with Crippen LogP contribution in [0.1, 0.15) is 26.1 Å². The summed E-state index contributed by atoms with van der Waals surface area (Å²) in [6.45, 7) is 6.06. The van der Waals surface area contributed by atoms with Crippen molar-refractivity contribution in [1.29, 1.82) is 0 Å². The van der Waals surface area contributed by atoms with Crippen LogP contribution in [0.2, 0.25) is 0 Å². The molecule has 2 N–H and O–H groups in total. The highest BCUT2D eigenvalue weighted by Crippen LogP contribution is 2.18. The van der Waals surface area contributed by atoms with Crippen LogP contribution >= 0.6 is 0 Å². The zero-order valence-corrected chi connectivity index (χ0v) is 11.6. The highest BCUT2D eigenvalue weighted by molar-refractivity contribution is 5.36. The molecule has 0 aliphatic rings. The lowest BCUT2D eigenvalue weighted by Crippen LogP contribution is -2.35. The minimum Gasteiger partial charge on any atom is -0.396 e. The molecule has 2 heterocycles. The molecule has 0 aliphatic carbocycles. The van der Waals surface area contributed by atoms with Gasteiger partial charge in [-0.05, 0) is 18.6 Å². The first-order valence-corrected chi connectivity index (χ1v) is 6.79. The number of rotatable bonds is 7. The van der Waals surface area contributed by atoms with Gasteiger partial charge in [0.2, 0.25) is 0 Å². The van der Waals surface area contributed by atoms with Crippen molar-refractivity contribution in [3.05, 3.63) is 30.2 Å². The van der Waals surface area contributed by atoms with Crippen molar-refractivity contribution in [2.45, 2.75) is 26.7 Å². The third-order valence-electron chi connectivity index (χ3n) is 3.70. The molecule has 0 radical (unpaired) electrons. The highest BCUT2D eigenvalue weighted by atomic mass is 16.3. The molecule has 0 aliphatic heterocycles. The molecule has 0 spiro atoms. The van der Waals surface area contributed by atoms with Crippen molar-refractivity contribution in [1.82, 2.24) is 19.9 Å². The van der Waals surface area contributed by atoms with E-state index in [1.54, 1.807) is 0 Å². The summed E-state index contributed by atoms with van der Waals surface area (Å²) in [4.78, 5) is 0. The summed E-state index contributed by atoms with van der Waals surface area (Å²) in [5, 5.41) is 21.1. The molecule has 1 unspecified atom stereocenters. The van der Waals surface area contributed by atoms with Gasteiger partial charge in [-0.1, -0.05) is 19.9 Å². The van der Waals surface area contributed by atoms with Crippen LogP contribution in [0, 0.1) is 5.41 Å². The highest BCUT2D eigenvalue weighted by Gasteiger charge is 2.20. The van der Waals surface area contributed by atoms with Gasteiger partial charge >= 0.3 is 0 Å². The molecule has 104 valence electrons. The Kier molecular flexibility index (Phi) is 4.50. The fourth-order valence-electron chi connectivity index (χ4n) is 1.94. The van der Waals surface area contributed by atoms with E-state index in [2.05, 4.69) is 29.4 Å². The summed E-state index contributed by atoms with van der Waals surface area (Å²) in [6.07, 6.45) is 3.77. The minimum absolute atomic E-state index is 0.0348. The minimum atomic E-state index is -0.0348. The first-order valence-electron chi connectivity index (χ1n) is 6.79. The molecule has 0 saturated carbocycles. The lowest BCUT2D eigenvalue weighted by atomic mass is 9.89. The predicted octanol–water partition coefficient (Wildman–Crippen LogP) is 1.27. The van der Waals surface area contributed by atoms with E-state index < -0.39 is 0 Å². The Morgan fingerprint density at radius 3 is 2.95 bits per heavy atom. The van der Waals surface area contributed by atoms with E-state index >= 15 is 0 Å². The number of nitrogens with one attached hydrogen (secondary N) is 1. The molecule has 0 aromatic carbocycles. The molecular weight excluding hydrogens is 240 g/mol. The molecule has 2 aromatic heterocycles. The molecule has 19 heavy (non-hydrogen) atoms. The smallest absolute Gasteiger partial charge is 0.160 e.